The number of thiazole rings is 2. The Bertz CT molecular complexity index is 2700. The Morgan fingerprint density at radius 1 is 0.367 bits per heavy atom. The van der Waals surface area contributed by atoms with Gasteiger partial charge in [-0.2, -0.15) is 0 Å². The van der Waals surface area contributed by atoms with Crippen molar-refractivity contribution in [3.63, 3.8) is 0 Å². The molecular formula is C41H23N5OS2. The fourth-order valence-corrected chi connectivity index (χ4v) is 8.12. The highest BCUT2D eigenvalue weighted by Gasteiger charge is 2.18. The van der Waals surface area contributed by atoms with Crippen LogP contribution in [-0.2, 0) is 0 Å². The average molecular weight is 666 g/mol. The molecule has 0 saturated carbocycles. The quantitative estimate of drug-likeness (QED) is 0.182. The topological polar surface area (TPSA) is 77.6 Å². The monoisotopic (exact) mass is 665 g/mol. The summed E-state index contributed by atoms with van der Waals surface area (Å²) in [5, 5.41) is 3.94. The Labute approximate surface area is 288 Å². The van der Waals surface area contributed by atoms with E-state index in [1.54, 1.807) is 22.7 Å². The van der Waals surface area contributed by atoms with Crippen LogP contribution in [0.2, 0.25) is 0 Å². The minimum absolute atomic E-state index is 0.575. The summed E-state index contributed by atoms with van der Waals surface area (Å²) in [6.07, 6.45) is 0. The van der Waals surface area contributed by atoms with E-state index in [1.807, 2.05) is 72.8 Å². The maximum Gasteiger partial charge on any atom is 0.164 e. The highest BCUT2D eigenvalue weighted by molar-refractivity contribution is 7.22. The lowest BCUT2D eigenvalue weighted by Gasteiger charge is -2.10. The number of rotatable bonds is 5. The minimum Gasteiger partial charge on any atom is -0.456 e. The number of aromatic nitrogens is 5. The van der Waals surface area contributed by atoms with E-state index >= 15 is 0 Å². The molecule has 4 heterocycles. The molecule has 4 aromatic heterocycles. The van der Waals surface area contributed by atoms with E-state index in [4.69, 9.17) is 29.3 Å². The third kappa shape index (κ3) is 4.97. The van der Waals surface area contributed by atoms with E-state index < -0.39 is 0 Å². The van der Waals surface area contributed by atoms with E-state index in [0.717, 1.165) is 80.2 Å². The summed E-state index contributed by atoms with van der Waals surface area (Å²) in [4.78, 5) is 25.3. The van der Waals surface area contributed by atoms with Crippen LogP contribution >= 0.6 is 22.7 Å². The largest absolute Gasteiger partial charge is 0.456 e. The predicted molar refractivity (Wildman–Crippen MR) is 201 cm³/mol. The summed E-state index contributed by atoms with van der Waals surface area (Å²) in [7, 11) is 0. The van der Waals surface area contributed by atoms with Crippen molar-refractivity contribution < 1.29 is 4.42 Å². The van der Waals surface area contributed by atoms with Gasteiger partial charge in [0, 0.05) is 38.6 Å². The van der Waals surface area contributed by atoms with Crippen LogP contribution in [0.25, 0.3) is 97.7 Å². The molecule has 8 heteroatoms. The normalized spacial score (nSPS) is 11.7. The second-order valence-electron chi connectivity index (χ2n) is 11.8. The Morgan fingerprint density at radius 2 is 0.898 bits per heavy atom. The Balaban J connectivity index is 1.20. The first-order valence-electron chi connectivity index (χ1n) is 15.8. The summed E-state index contributed by atoms with van der Waals surface area (Å²) >= 11 is 3.35. The second kappa shape index (κ2) is 11.3. The molecule has 0 aliphatic rings. The van der Waals surface area contributed by atoms with Crippen LogP contribution in [0.3, 0.4) is 0 Å². The molecule has 0 saturated heterocycles. The number of benzene rings is 6. The number of fused-ring (bicyclic) bond motifs is 5. The van der Waals surface area contributed by atoms with E-state index in [9.17, 15) is 0 Å². The van der Waals surface area contributed by atoms with Crippen LogP contribution in [0.1, 0.15) is 0 Å². The SMILES string of the molecule is c1ccc(-c2nc(-c3cc(-c4nc5ccccc5s4)cc(-c4nc5ccccc5s4)c3)nc(-c3ccc4oc5ccccc5c4c3)n2)cc1. The molecule has 10 aromatic rings. The summed E-state index contributed by atoms with van der Waals surface area (Å²) in [6, 6.07) is 47.2. The maximum atomic E-state index is 6.12. The molecule has 0 fully saturated rings. The second-order valence-corrected chi connectivity index (χ2v) is 13.8. The highest BCUT2D eigenvalue weighted by atomic mass is 32.1. The van der Waals surface area contributed by atoms with Crippen molar-refractivity contribution >= 4 is 65.0 Å². The van der Waals surface area contributed by atoms with Crippen LogP contribution in [-0.4, -0.2) is 24.9 Å². The zero-order chi connectivity index (χ0) is 32.3. The Kier molecular flexibility index (Phi) is 6.43. The number of nitrogens with zero attached hydrogens (tertiary/aromatic N) is 5. The van der Waals surface area contributed by atoms with E-state index in [-0.39, 0.29) is 0 Å². The van der Waals surface area contributed by atoms with E-state index in [2.05, 4.69) is 66.7 Å². The van der Waals surface area contributed by atoms with Crippen LogP contribution < -0.4 is 0 Å². The van der Waals surface area contributed by atoms with Gasteiger partial charge in [0.05, 0.1) is 20.4 Å². The van der Waals surface area contributed by atoms with Gasteiger partial charge in [-0.1, -0.05) is 72.8 Å². The third-order valence-corrected chi connectivity index (χ3v) is 10.7. The standard InChI is InChI=1S/C41H23N5OS2/c1-2-10-24(11-3-1)37-44-38(25-18-19-34-30(23-25)29-12-4-7-15-33(29)47-34)46-39(45-37)26-20-27(40-42-31-13-5-8-16-35(31)48-40)22-28(21-26)41-43-32-14-6-9-17-36(32)49-41/h1-23H. The fourth-order valence-electron chi connectivity index (χ4n) is 6.21. The lowest BCUT2D eigenvalue weighted by Crippen LogP contribution is -2.00. The van der Waals surface area contributed by atoms with Gasteiger partial charge in [0.25, 0.3) is 0 Å². The van der Waals surface area contributed by atoms with Crippen molar-refractivity contribution in [2.75, 3.05) is 0 Å². The maximum absolute atomic E-state index is 6.12. The molecule has 0 N–H and O–H groups in total. The Morgan fingerprint density at radius 3 is 1.57 bits per heavy atom. The summed E-state index contributed by atoms with van der Waals surface area (Å²) in [6.45, 7) is 0. The highest BCUT2D eigenvalue weighted by Crippen LogP contribution is 2.39. The summed E-state index contributed by atoms with van der Waals surface area (Å²) in [5.74, 6) is 1.76. The molecule has 0 aliphatic heterocycles. The number of hydrogen-bond acceptors (Lipinski definition) is 8. The lowest BCUT2D eigenvalue weighted by atomic mass is 10.0. The summed E-state index contributed by atoms with van der Waals surface area (Å²) < 4.78 is 8.40. The average Bonchev–Trinajstić information content (AvgIpc) is 3.90. The first-order chi connectivity index (χ1) is 24.2. The molecule has 49 heavy (non-hydrogen) atoms. The first kappa shape index (κ1) is 28.0. The molecule has 230 valence electrons. The number of hydrogen-bond donors (Lipinski definition) is 0. The van der Waals surface area contributed by atoms with Crippen molar-refractivity contribution in [3.8, 4) is 55.3 Å². The molecule has 0 amide bonds. The number of furan rings is 1. The lowest BCUT2D eigenvalue weighted by molar-refractivity contribution is 0.669. The van der Waals surface area contributed by atoms with Gasteiger partial charge in [-0.25, -0.2) is 24.9 Å². The number of para-hydroxylation sites is 3. The third-order valence-electron chi connectivity index (χ3n) is 8.58. The van der Waals surface area contributed by atoms with Crippen molar-refractivity contribution in [2.24, 2.45) is 0 Å². The smallest absolute Gasteiger partial charge is 0.164 e. The molecule has 0 radical (unpaired) electrons. The van der Waals surface area contributed by atoms with E-state index in [0.29, 0.717) is 17.5 Å². The minimum atomic E-state index is 0.575. The van der Waals surface area contributed by atoms with Gasteiger partial charge in [0.2, 0.25) is 0 Å². The van der Waals surface area contributed by atoms with Gasteiger partial charge in [-0.05, 0) is 66.7 Å². The molecule has 0 spiro atoms. The van der Waals surface area contributed by atoms with Crippen molar-refractivity contribution in [1.29, 1.82) is 0 Å². The van der Waals surface area contributed by atoms with Gasteiger partial charge >= 0.3 is 0 Å². The molecule has 6 nitrogen and oxygen atoms in total. The molecule has 0 aliphatic carbocycles. The predicted octanol–water partition coefficient (Wildman–Crippen LogP) is 11.3. The molecule has 0 unspecified atom stereocenters. The van der Waals surface area contributed by atoms with Crippen LogP contribution in [0.4, 0.5) is 0 Å². The summed E-state index contributed by atoms with van der Waals surface area (Å²) in [5.41, 5.74) is 8.27. The van der Waals surface area contributed by atoms with Gasteiger partial charge < -0.3 is 4.42 Å². The van der Waals surface area contributed by atoms with Gasteiger partial charge in [-0.15, -0.1) is 22.7 Å². The molecular weight excluding hydrogens is 643 g/mol. The van der Waals surface area contributed by atoms with Crippen molar-refractivity contribution in [3.05, 3.63) is 140 Å². The van der Waals surface area contributed by atoms with Crippen LogP contribution in [0, 0.1) is 0 Å². The van der Waals surface area contributed by atoms with Crippen molar-refractivity contribution in [2.45, 2.75) is 0 Å². The molecule has 6 aromatic carbocycles. The molecule has 0 atom stereocenters. The first-order valence-corrected chi connectivity index (χ1v) is 17.5. The van der Waals surface area contributed by atoms with Gasteiger partial charge in [0.15, 0.2) is 17.5 Å². The zero-order valence-electron chi connectivity index (χ0n) is 25.7. The van der Waals surface area contributed by atoms with Crippen LogP contribution in [0.15, 0.2) is 144 Å². The molecule has 10 rings (SSSR count). The van der Waals surface area contributed by atoms with Crippen molar-refractivity contribution in [1.82, 2.24) is 24.9 Å². The van der Waals surface area contributed by atoms with Gasteiger partial charge in [0.1, 0.15) is 21.2 Å². The zero-order valence-corrected chi connectivity index (χ0v) is 27.4. The van der Waals surface area contributed by atoms with Gasteiger partial charge in [-0.3, -0.25) is 0 Å². The van der Waals surface area contributed by atoms with E-state index in [1.165, 1.54) is 0 Å². The molecule has 0 bridgehead atoms. The van der Waals surface area contributed by atoms with Crippen LogP contribution in [0.5, 0.6) is 0 Å². The fraction of sp³-hybridized carbons (Fsp3) is 0. The Hall–Kier alpha value is -6.09.